The maximum absolute atomic E-state index is 11.1. The van der Waals surface area contributed by atoms with E-state index in [1.807, 2.05) is 13.8 Å². The summed E-state index contributed by atoms with van der Waals surface area (Å²) in [6.45, 7) is 6.20. The van der Waals surface area contributed by atoms with Gasteiger partial charge in [-0.3, -0.25) is 9.63 Å². The van der Waals surface area contributed by atoms with Crippen LogP contribution < -0.4 is 11.2 Å². The standard InChI is InChI=1S/C8H18N2O2/c1-4-6(3)7(9)8(11)10-12-5-2/h6-7H,4-5,9H2,1-3H3,(H,10,11)/t6?,7-/m0/s1. The summed E-state index contributed by atoms with van der Waals surface area (Å²) >= 11 is 0. The van der Waals surface area contributed by atoms with Crippen LogP contribution in [0.4, 0.5) is 0 Å². The van der Waals surface area contributed by atoms with Crippen LogP contribution in [0.5, 0.6) is 0 Å². The molecule has 1 amide bonds. The maximum atomic E-state index is 11.1. The summed E-state index contributed by atoms with van der Waals surface area (Å²) in [5, 5.41) is 0. The second kappa shape index (κ2) is 5.97. The van der Waals surface area contributed by atoms with Gasteiger partial charge in [0.25, 0.3) is 5.91 Å². The second-order valence-corrected chi connectivity index (χ2v) is 2.81. The van der Waals surface area contributed by atoms with Crippen molar-refractivity contribution in [1.29, 1.82) is 0 Å². The molecule has 0 saturated heterocycles. The number of nitrogens with two attached hydrogens (primary N) is 1. The van der Waals surface area contributed by atoms with Crippen LogP contribution in [0.15, 0.2) is 0 Å². The predicted octanol–water partition coefficient (Wildman–Crippen LogP) is 0.427. The molecule has 0 aliphatic heterocycles. The van der Waals surface area contributed by atoms with Gasteiger partial charge in [-0.2, -0.15) is 0 Å². The van der Waals surface area contributed by atoms with Crippen LogP contribution in [-0.4, -0.2) is 18.6 Å². The highest BCUT2D eigenvalue weighted by molar-refractivity contribution is 5.80. The van der Waals surface area contributed by atoms with Gasteiger partial charge in [0.1, 0.15) is 0 Å². The van der Waals surface area contributed by atoms with Crippen LogP contribution in [0, 0.1) is 5.92 Å². The Morgan fingerprint density at radius 2 is 2.17 bits per heavy atom. The molecular formula is C8H18N2O2. The zero-order chi connectivity index (χ0) is 9.56. The van der Waals surface area contributed by atoms with Gasteiger partial charge >= 0.3 is 0 Å². The molecule has 0 fully saturated rings. The maximum Gasteiger partial charge on any atom is 0.260 e. The fourth-order valence-electron chi connectivity index (χ4n) is 0.724. The van der Waals surface area contributed by atoms with Crippen molar-refractivity contribution in [3.63, 3.8) is 0 Å². The number of hydroxylamine groups is 1. The molecule has 0 heterocycles. The van der Waals surface area contributed by atoms with Gasteiger partial charge in [0.15, 0.2) is 0 Å². The van der Waals surface area contributed by atoms with Gasteiger partial charge in [0.2, 0.25) is 0 Å². The van der Waals surface area contributed by atoms with Crippen molar-refractivity contribution >= 4 is 5.91 Å². The molecule has 0 rings (SSSR count). The Morgan fingerprint density at radius 3 is 2.58 bits per heavy atom. The first kappa shape index (κ1) is 11.4. The van der Waals surface area contributed by atoms with Crippen molar-refractivity contribution in [3.05, 3.63) is 0 Å². The predicted molar refractivity (Wildman–Crippen MR) is 47.2 cm³/mol. The molecule has 4 heteroatoms. The fraction of sp³-hybridized carbons (Fsp3) is 0.875. The number of hydrogen-bond donors (Lipinski definition) is 2. The molecule has 72 valence electrons. The Balaban J connectivity index is 3.75. The molecule has 0 spiro atoms. The third-order valence-corrected chi connectivity index (χ3v) is 1.88. The molecule has 0 aromatic carbocycles. The quantitative estimate of drug-likeness (QED) is 0.594. The molecule has 0 aromatic rings. The minimum Gasteiger partial charge on any atom is -0.320 e. The van der Waals surface area contributed by atoms with E-state index in [0.717, 1.165) is 6.42 Å². The van der Waals surface area contributed by atoms with Crippen LogP contribution >= 0.6 is 0 Å². The number of hydrogen-bond acceptors (Lipinski definition) is 3. The molecule has 0 aromatic heterocycles. The summed E-state index contributed by atoms with van der Waals surface area (Å²) < 4.78 is 0. The zero-order valence-electron chi connectivity index (χ0n) is 7.96. The van der Waals surface area contributed by atoms with Gasteiger partial charge in [-0.25, -0.2) is 5.48 Å². The molecule has 4 nitrogen and oxygen atoms in total. The summed E-state index contributed by atoms with van der Waals surface area (Å²) in [7, 11) is 0. The van der Waals surface area contributed by atoms with Gasteiger partial charge in [-0.05, 0) is 12.8 Å². The summed E-state index contributed by atoms with van der Waals surface area (Å²) in [5.74, 6) is -0.0587. The molecule has 0 saturated carbocycles. The van der Waals surface area contributed by atoms with Gasteiger partial charge in [0, 0.05) is 0 Å². The molecule has 1 unspecified atom stereocenters. The Hall–Kier alpha value is -0.610. The first-order valence-electron chi connectivity index (χ1n) is 4.30. The van der Waals surface area contributed by atoms with Gasteiger partial charge < -0.3 is 5.73 Å². The van der Waals surface area contributed by atoms with Crippen LogP contribution in [0.25, 0.3) is 0 Å². The molecule has 0 bridgehead atoms. The van der Waals surface area contributed by atoms with Crippen molar-refractivity contribution in [1.82, 2.24) is 5.48 Å². The van der Waals surface area contributed by atoms with E-state index in [-0.39, 0.29) is 11.8 Å². The minimum absolute atomic E-state index is 0.186. The van der Waals surface area contributed by atoms with E-state index in [0.29, 0.717) is 6.61 Å². The zero-order valence-corrected chi connectivity index (χ0v) is 7.96. The molecule has 2 atom stereocenters. The smallest absolute Gasteiger partial charge is 0.260 e. The number of carbonyl (C=O) groups is 1. The van der Waals surface area contributed by atoms with Crippen molar-refractivity contribution in [2.45, 2.75) is 33.2 Å². The van der Waals surface area contributed by atoms with E-state index in [4.69, 9.17) is 10.6 Å². The van der Waals surface area contributed by atoms with Crippen molar-refractivity contribution in [2.75, 3.05) is 6.61 Å². The lowest BCUT2D eigenvalue weighted by molar-refractivity contribution is -0.135. The summed E-state index contributed by atoms with van der Waals surface area (Å²) in [5.41, 5.74) is 7.90. The summed E-state index contributed by atoms with van der Waals surface area (Å²) in [6, 6.07) is -0.471. The van der Waals surface area contributed by atoms with Crippen molar-refractivity contribution in [2.24, 2.45) is 11.7 Å². The number of nitrogens with one attached hydrogen (secondary N) is 1. The normalized spacial score (nSPS) is 15.3. The Labute approximate surface area is 73.4 Å². The molecule has 12 heavy (non-hydrogen) atoms. The number of amides is 1. The van der Waals surface area contributed by atoms with Crippen LogP contribution in [0.1, 0.15) is 27.2 Å². The average molecular weight is 174 g/mol. The molecule has 0 aliphatic carbocycles. The van der Waals surface area contributed by atoms with Gasteiger partial charge in [0.05, 0.1) is 12.6 Å². The monoisotopic (exact) mass is 174 g/mol. The molecular weight excluding hydrogens is 156 g/mol. The SMILES string of the molecule is CCONC(=O)[C@@H](N)C(C)CC. The third-order valence-electron chi connectivity index (χ3n) is 1.88. The van der Waals surface area contributed by atoms with E-state index in [1.165, 1.54) is 0 Å². The Kier molecular flexibility index (Phi) is 5.66. The molecule has 0 aliphatic rings. The topological polar surface area (TPSA) is 64.3 Å². The van der Waals surface area contributed by atoms with Crippen LogP contribution in [-0.2, 0) is 9.63 Å². The van der Waals surface area contributed by atoms with Crippen molar-refractivity contribution in [3.8, 4) is 0 Å². The van der Waals surface area contributed by atoms with Crippen molar-refractivity contribution < 1.29 is 9.63 Å². The number of carbonyl (C=O) groups excluding carboxylic acids is 1. The van der Waals surface area contributed by atoms with E-state index >= 15 is 0 Å². The highest BCUT2D eigenvalue weighted by Crippen LogP contribution is 2.04. The van der Waals surface area contributed by atoms with Gasteiger partial charge in [-0.1, -0.05) is 20.3 Å². The van der Waals surface area contributed by atoms with E-state index in [2.05, 4.69) is 5.48 Å². The lowest BCUT2D eigenvalue weighted by Gasteiger charge is -2.16. The first-order valence-corrected chi connectivity index (χ1v) is 4.30. The van der Waals surface area contributed by atoms with E-state index < -0.39 is 6.04 Å². The second-order valence-electron chi connectivity index (χ2n) is 2.81. The lowest BCUT2D eigenvalue weighted by Crippen LogP contribution is -2.44. The largest absolute Gasteiger partial charge is 0.320 e. The minimum atomic E-state index is -0.471. The Morgan fingerprint density at radius 1 is 1.58 bits per heavy atom. The third kappa shape index (κ3) is 3.69. The fourth-order valence-corrected chi connectivity index (χ4v) is 0.724. The molecule has 3 N–H and O–H groups in total. The highest BCUT2D eigenvalue weighted by atomic mass is 16.6. The van der Waals surface area contributed by atoms with E-state index in [9.17, 15) is 4.79 Å². The van der Waals surface area contributed by atoms with Crippen LogP contribution in [0.3, 0.4) is 0 Å². The molecule has 0 radical (unpaired) electrons. The lowest BCUT2D eigenvalue weighted by atomic mass is 10.00. The van der Waals surface area contributed by atoms with E-state index in [1.54, 1.807) is 6.92 Å². The first-order chi connectivity index (χ1) is 5.63. The highest BCUT2D eigenvalue weighted by Gasteiger charge is 2.18. The van der Waals surface area contributed by atoms with Crippen LogP contribution in [0.2, 0.25) is 0 Å². The summed E-state index contributed by atoms with van der Waals surface area (Å²) in [4.78, 5) is 15.9. The Bertz CT molecular complexity index is 139. The van der Waals surface area contributed by atoms with Gasteiger partial charge in [-0.15, -0.1) is 0 Å². The summed E-state index contributed by atoms with van der Waals surface area (Å²) in [6.07, 6.45) is 0.890. The average Bonchev–Trinajstić information content (AvgIpc) is 2.11. The number of rotatable bonds is 5.